The van der Waals surface area contributed by atoms with Crippen molar-refractivity contribution in [2.45, 2.75) is 13.8 Å². The van der Waals surface area contributed by atoms with Gasteiger partial charge in [-0.15, -0.1) is 5.73 Å². The van der Waals surface area contributed by atoms with Gasteiger partial charge in [0.15, 0.2) is 5.58 Å². The maximum Gasteiger partial charge on any atom is 0.153 e. The zero-order valence-corrected chi connectivity index (χ0v) is 9.40. The van der Waals surface area contributed by atoms with E-state index in [9.17, 15) is 0 Å². The molecule has 0 N–H and O–H groups in total. The summed E-state index contributed by atoms with van der Waals surface area (Å²) in [4.78, 5) is 4.29. The first kappa shape index (κ1) is 10.5. The highest BCUT2D eigenvalue weighted by molar-refractivity contribution is 5.88. The lowest BCUT2D eigenvalue weighted by Gasteiger charge is -1.87. The van der Waals surface area contributed by atoms with Crippen molar-refractivity contribution in [2.24, 2.45) is 0 Å². The molecular formula is C14H13NO. The minimum Gasteiger partial charge on any atom is -0.454 e. The number of hydrogen-bond acceptors (Lipinski definition) is 2. The molecule has 0 aromatic carbocycles. The summed E-state index contributed by atoms with van der Waals surface area (Å²) in [6.45, 7) is 4.00. The van der Waals surface area contributed by atoms with E-state index >= 15 is 0 Å². The quantitative estimate of drug-likeness (QED) is 0.614. The van der Waals surface area contributed by atoms with Crippen LogP contribution in [-0.2, 0) is 0 Å². The van der Waals surface area contributed by atoms with Crippen LogP contribution in [0.1, 0.15) is 25.2 Å². The average molecular weight is 211 g/mol. The Hall–Kier alpha value is -2.05. The van der Waals surface area contributed by atoms with Gasteiger partial charge in [0.1, 0.15) is 11.3 Å². The topological polar surface area (TPSA) is 26.0 Å². The summed E-state index contributed by atoms with van der Waals surface area (Å²) in [5, 5.41) is 0. The van der Waals surface area contributed by atoms with Crippen molar-refractivity contribution in [3.8, 4) is 0 Å². The Morgan fingerprint density at radius 1 is 1.31 bits per heavy atom. The van der Waals surface area contributed by atoms with Gasteiger partial charge in [0, 0.05) is 17.8 Å². The van der Waals surface area contributed by atoms with Gasteiger partial charge in [-0.3, -0.25) is 4.98 Å². The second-order valence-electron chi connectivity index (χ2n) is 3.07. The number of pyridine rings is 1. The van der Waals surface area contributed by atoms with Gasteiger partial charge >= 0.3 is 0 Å². The largest absolute Gasteiger partial charge is 0.454 e. The first-order chi connectivity index (χ1) is 7.95. The van der Waals surface area contributed by atoms with Crippen molar-refractivity contribution in [1.82, 2.24) is 4.98 Å². The molecule has 0 bridgehead atoms. The summed E-state index contributed by atoms with van der Waals surface area (Å²) in [5.74, 6) is 0.823. The molecule has 3 rings (SSSR count). The predicted octanol–water partition coefficient (Wildman–Crippen LogP) is 4.05. The third-order valence-electron chi connectivity index (χ3n) is 2.18. The maximum absolute atomic E-state index is 5.62. The molecule has 0 unspecified atom stereocenters. The van der Waals surface area contributed by atoms with Gasteiger partial charge in [-0.2, -0.15) is 0 Å². The normalized spacial score (nSPS) is 11.9. The zero-order valence-electron chi connectivity index (χ0n) is 9.40. The van der Waals surface area contributed by atoms with Gasteiger partial charge < -0.3 is 4.42 Å². The fourth-order valence-electron chi connectivity index (χ4n) is 1.56. The molecule has 80 valence electrons. The molecule has 0 saturated heterocycles. The van der Waals surface area contributed by atoms with Gasteiger partial charge in [0.2, 0.25) is 0 Å². The van der Waals surface area contributed by atoms with E-state index in [1.165, 1.54) is 0 Å². The highest BCUT2D eigenvalue weighted by atomic mass is 16.3. The van der Waals surface area contributed by atoms with E-state index in [0.717, 1.165) is 22.4 Å². The molecule has 0 atom stereocenters. The monoisotopic (exact) mass is 211 g/mol. The first-order valence-electron chi connectivity index (χ1n) is 5.42. The van der Waals surface area contributed by atoms with E-state index in [0.29, 0.717) is 0 Å². The van der Waals surface area contributed by atoms with E-state index in [1.807, 2.05) is 50.3 Å². The standard InChI is InChI=1S/C12H7NO.C2H6/c1-2-5-9-10(6-3-1)14-11-7-4-8-13-12(9)11;1-2/h1-2,4-8H;1-2H3. The Morgan fingerprint density at radius 2 is 2.19 bits per heavy atom. The predicted molar refractivity (Wildman–Crippen MR) is 66.9 cm³/mol. The molecule has 0 spiro atoms. The van der Waals surface area contributed by atoms with Crippen LogP contribution < -0.4 is 0 Å². The van der Waals surface area contributed by atoms with Crippen LogP contribution in [0.4, 0.5) is 0 Å². The molecule has 1 aliphatic rings. The molecule has 0 radical (unpaired) electrons. The molecule has 2 nitrogen and oxygen atoms in total. The van der Waals surface area contributed by atoms with E-state index in [4.69, 9.17) is 4.42 Å². The van der Waals surface area contributed by atoms with Gasteiger partial charge in [-0.05, 0) is 24.3 Å². The van der Waals surface area contributed by atoms with Gasteiger partial charge in [0.25, 0.3) is 0 Å². The second kappa shape index (κ2) is 4.65. The lowest BCUT2D eigenvalue weighted by atomic mass is 10.2. The lowest BCUT2D eigenvalue weighted by molar-refractivity contribution is 0.603. The maximum atomic E-state index is 5.62. The molecule has 2 heteroatoms. The summed E-state index contributed by atoms with van der Waals surface area (Å²) in [6.07, 6.45) is 9.38. The molecule has 0 fully saturated rings. The van der Waals surface area contributed by atoms with Crippen LogP contribution in [0.2, 0.25) is 0 Å². The summed E-state index contributed by atoms with van der Waals surface area (Å²) >= 11 is 0. The van der Waals surface area contributed by atoms with Crippen LogP contribution in [-0.4, -0.2) is 4.98 Å². The van der Waals surface area contributed by atoms with Crippen LogP contribution in [0, 0.1) is 0 Å². The zero-order chi connectivity index (χ0) is 11.4. The van der Waals surface area contributed by atoms with Crippen LogP contribution in [0.25, 0.3) is 23.3 Å². The molecule has 2 heterocycles. The van der Waals surface area contributed by atoms with Crippen molar-refractivity contribution < 1.29 is 4.42 Å². The molecule has 0 saturated carbocycles. The Balaban J connectivity index is 0.000000457. The van der Waals surface area contributed by atoms with Gasteiger partial charge in [-0.25, -0.2) is 0 Å². The number of hydrogen-bond donors (Lipinski definition) is 0. The van der Waals surface area contributed by atoms with Crippen molar-refractivity contribution >= 4 is 23.3 Å². The third kappa shape index (κ3) is 1.71. The molecule has 16 heavy (non-hydrogen) atoms. The number of aromatic nitrogens is 1. The SMILES string of the molecule is C1=CC=Cc2c(oc3cccnc23)C=1.CC. The Bertz CT molecular complexity index is 584. The van der Waals surface area contributed by atoms with Crippen LogP contribution in [0.3, 0.4) is 0 Å². The number of allylic oxidation sites excluding steroid dienone is 2. The van der Waals surface area contributed by atoms with Gasteiger partial charge in [0.05, 0.1) is 0 Å². The van der Waals surface area contributed by atoms with Crippen LogP contribution >= 0.6 is 0 Å². The first-order valence-corrected chi connectivity index (χ1v) is 5.42. The number of rotatable bonds is 0. The lowest BCUT2D eigenvalue weighted by Crippen LogP contribution is -1.75. The number of furan rings is 1. The van der Waals surface area contributed by atoms with Crippen molar-refractivity contribution in [3.63, 3.8) is 0 Å². The summed E-state index contributed by atoms with van der Waals surface area (Å²) in [6, 6.07) is 3.79. The molecule has 1 aliphatic carbocycles. The van der Waals surface area contributed by atoms with Crippen LogP contribution in [0.15, 0.2) is 40.6 Å². The van der Waals surface area contributed by atoms with E-state index in [-0.39, 0.29) is 0 Å². The number of nitrogens with zero attached hydrogens (tertiary/aromatic N) is 1. The summed E-state index contributed by atoms with van der Waals surface area (Å²) < 4.78 is 5.62. The van der Waals surface area contributed by atoms with Crippen molar-refractivity contribution in [3.05, 3.63) is 47.5 Å². The van der Waals surface area contributed by atoms with E-state index < -0.39 is 0 Å². The fraction of sp³-hybridized carbons (Fsp3) is 0.143. The summed E-state index contributed by atoms with van der Waals surface area (Å²) in [5.41, 5.74) is 5.77. The Morgan fingerprint density at radius 3 is 3.06 bits per heavy atom. The third-order valence-corrected chi connectivity index (χ3v) is 2.18. The fourth-order valence-corrected chi connectivity index (χ4v) is 1.56. The smallest absolute Gasteiger partial charge is 0.153 e. The molecule has 2 aromatic rings. The van der Waals surface area contributed by atoms with Gasteiger partial charge in [-0.1, -0.05) is 19.9 Å². The van der Waals surface area contributed by atoms with Crippen molar-refractivity contribution in [2.75, 3.05) is 0 Å². The number of fused-ring (bicyclic) bond motifs is 3. The average Bonchev–Trinajstić information content (AvgIpc) is 2.54. The van der Waals surface area contributed by atoms with Crippen molar-refractivity contribution in [1.29, 1.82) is 0 Å². The Labute approximate surface area is 94.6 Å². The molecular weight excluding hydrogens is 198 g/mol. The van der Waals surface area contributed by atoms with E-state index in [2.05, 4.69) is 10.7 Å². The molecule has 0 amide bonds. The minimum absolute atomic E-state index is 0.821. The molecule has 0 aliphatic heterocycles. The highest BCUT2D eigenvalue weighted by Crippen LogP contribution is 2.26. The summed E-state index contributed by atoms with van der Waals surface area (Å²) in [7, 11) is 0. The second-order valence-corrected chi connectivity index (χ2v) is 3.07. The minimum atomic E-state index is 0.821. The molecule has 2 aromatic heterocycles. The highest BCUT2D eigenvalue weighted by Gasteiger charge is 2.10. The van der Waals surface area contributed by atoms with E-state index in [1.54, 1.807) is 6.20 Å². The Kier molecular flexibility index (Phi) is 3.04. The van der Waals surface area contributed by atoms with Crippen LogP contribution in [0.5, 0.6) is 0 Å².